The van der Waals surface area contributed by atoms with Crippen LogP contribution in [0.1, 0.15) is 57.6 Å². The molecule has 2 fully saturated rings. The number of ether oxygens (including phenoxy) is 2. The average Bonchev–Trinajstić information content (AvgIpc) is 3.64. The molecule has 6 rings (SSSR count). The van der Waals surface area contributed by atoms with Crippen molar-refractivity contribution in [3.05, 3.63) is 88.0 Å². The third-order valence-electron chi connectivity index (χ3n) is 8.62. The summed E-state index contributed by atoms with van der Waals surface area (Å²) >= 11 is 2.42. The van der Waals surface area contributed by atoms with Gasteiger partial charge in [0.15, 0.2) is 4.34 Å². The second-order valence-corrected chi connectivity index (χ2v) is 16.0. The number of anilines is 1. The number of nitro benzene ring substituents is 1. The highest BCUT2D eigenvalue weighted by Gasteiger charge is 2.48. The summed E-state index contributed by atoms with van der Waals surface area (Å²) < 4.78 is 12.3. The molecule has 2 N–H and O–H groups in total. The van der Waals surface area contributed by atoms with E-state index < -0.39 is 28.6 Å². The van der Waals surface area contributed by atoms with Crippen LogP contribution in [0.3, 0.4) is 0 Å². The maximum atomic E-state index is 13.1. The minimum Gasteiger partial charge on any atom is -0.444 e. The summed E-state index contributed by atoms with van der Waals surface area (Å²) in [5.41, 5.74) is 3.75. The maximum absolute atomic E-state index is 13.1. The molecular weight excluding hydrogens is 721 g/mol. The zero-order valence-corrected chi connectivity index (χ0v) is 30.9. The number of benzene rings is 3. The van der Waals surface area contributed by atoms with E-state index in [1.54, 1.807) is 51.1 Å². The van der Waals surface area contributed by atoms with Gasteiger partial charge in [-0.25, -0.2) is 15.2 Å². The Balaban J connectivity index is 1.12. The van der Waals surface area contributed by atoms with E-state index >= 15 is 0 Å². The molecule has 4 amide bonds. The lowest BCUT2D eigenvalue weighted by Crippen LogP contribution is -2.49. The summed E-state index contributed by atoms with van der Waals surface area (Å²) in [6, 6.07) is 17.9. The lowest BCUT2D eigenvalue weighted by atomic mass is 9.81. The molecule has 0 spiro atoms. The van der Waals surface area contributed by atoms with Crippen LogP contribution in [-0.4, -0.2) is 58.2 Å². The summed E-state index contributed by atoms with van der Waals surface area (Å²) in [7, 11) is 0. The Bertz CT molecular complexity index is 2040. The number of nitrogens with one attached hydrogen (secondary N) is 2. The highest BCUT2D eigenvalue weighted by molar-refractivity contribution is 8.01. The number of imide groups is 1. The zero-order valence-electron chi connectivity index (χ0n) is 29.3. The van der Waals surface area contributed by atoms with E-state index in [-0.39, 0.29) is 42.6 Å². The molecule has 2 heterocycles. The molecule has 4 aromatic rings. The summed E-state index contributed by atoms with van der Waals surface area (Å²) in [6.45, 7) is 5.13. The number of nitrogens with zero attached hydrogens (tertiary/aromatic N) is 4. The zero-order chi connectivity index (χ0) is 37.7. The summed E-state index contributed by atoms with van der Waals surface area (Å²) in [6.07, 6.45) is 3.79. The molecule has 16 heteroatoms. The Morgan fingerprint density at radius 3 is 2.47 bits per heavy atom. The fraction of sp³-hybridized carbons (Fsp3) is 0.351. The van der Waals surface area contributed by atoms with E-state index in [4.69, 9.17) is 9.47 Å². The van der Waals surface area contributed by atoms with Gasteiger partial charge in [0.1, 0.15) is 11.6 Å². The smallest absolute Gasteiger partial charge is 0.408 e. The summed E-state index contributed by atoms with van der Waals surface area (Å²) in [5.74, 6) is -1.50. The lowest BCUT2D eigenvalue weighted by molar-refractivity contribution is -0.387. The van der Waals surface area contributed by atoms with Gasteiger partial charge in [-0.3, -0.25) is 29.4 Å². The molecule has 1 aromatic heterocycles. The van der Waals surface area contributed by atoms with Crippen LogP contribution in [0.25, 0.3) is 10.2 Å². The quantitative estimate of drug-likeness (QED) is 0.0692. The summed E-state index contributed by atoms with van der Waals surface area (Å²) in [5, 5.41) is 18.6. The van der Waals surface area contributed by atoms with Gasteiger partial charge < -0.3 is 14.8 Å². The lowest BCUT2D eigenvalue weighted by Gasteiger charge is -2.22. The van der Waals surface area contributed by atoms with Crippen molar-refractivity contribution < 1.29 is 33.6 Å². The number of rotatable bonds is 12. The third-order valence-corrected chi connectivity index (χ3v) is 10.8. The van der Waals surface area contributed by atoms with Gasteiger partial charge in [-0.05, 0) is 63.4 Å². The Morgan fingerprint density at radius 1 is 1.08 bits per heavy atom. The first kappa shape index (κ1) is 37.6. The fourth-order valence-corrected chi connectivity index (χ4v) is 8.32. The molecule has 1 saturated heterocycles. The van der Waals surface area contributed by atoms with E-state index in [0.29, 0.717) is 26.0 Å². The molecule has 0 radical (unpaired) electrons. The van der Waals surface area contributed by atoms with Crippen molar-refractivity contribution in [3.8, 4) is 0 Å². The van der Waals surface area contributed by atoms with Crippen molar-refractivity contribution in [3.63, 3.8) is 0 Å². The minimum atomic E-state index is -1.15. The molecule has 0 unspecified atom stereocenters. The number of amides is 4. The van der Waals surface area contributed by atoms with Crippen molar-refractivity contribution >= 4 is 74.7 Å². The molecule has 1 aliphatic carbocycles. The standard InChI is InChI=1S/C37H38N6O8S2/c1-37(2,3)51-35(47)39-28(21-50-20-22-9-5-4-6-10-22)32(44)41-38-19-23-13-16-30(29(17-23)43(48)49)52-36-40-27-15-14-24(18-31(27)53-36)42-33(45)25-11-7-8-12-26(25)34(42)46/h4-6,9-10,13-19,25-26,28H,7-8,11-12,20-21H2,1-3H3,(H,39,47)(H,41,44)/b38-19-/t25-,26+,28-/m0/s1. The SMILES string of the molecule is CC(C)(C)OC(=O)N[C@@H](COCc1ccccc1)C(=O)N/N=C\c1ccc(Sc2nc3ccc(N4C(=O)[C@H]5CCCC[C@H]5C4=O)cc3s2)c([N+](=O)[O-])c1. The van der Waals surface area contributed by atoms with Crippen LogP contribution in [0.4, 0.5) is 16.2 Å². The predicted molar refractivity (Wildman–Crippen MR) is 200 cm³/mol. The van der Waals surface area contributed by atoms with E-state index in [2.05, 4.69) is 20.8 Å². The molecule has 3 aromatic carbocycles. The first-order chi connectivity index (χ1) is 25.4. The van der Waals surface area contributed by atoms with Crippen molar-refractivity contribution in [2.75, 3.05) is 11.5 Å². The second kappa shape index (κ2) is 16.2. The highest BCUT2D eigenvalue weighted by atomic mass is 32.2. The second-order valence-electron chi connectivity index (χ2n) is 13.7. The van der Waals surface area contributed by atoms with Crippen LogP contribution in [0.2, 0.25) is 0 Å². The Kier molecular flexibility index (Phi) is 11.5. The predicted octanol–water partition coefficient (Wildman–Crippen LogP) is 6.60. The molecule has 14 nitrogen and oxygen atoms in total. The molecular formula is C37H38N6O8S2. The molecule has 53 heavy (non-hydrogen) atoms. The van der Waals surface area contributed by atoms with E-state index in [9.17, 15) is 29.3 Å². The van der Waals surface area contributed by atoms with E-state index in [1.807, 2.05) is 30.3 Å². The normalized spacial score (nSPS) is 17.9. The van der Waals surface area contributed by atoms with Gasteiger partial charge in [0.2, 0.25) is 11.8 Å². The number of alkyl carbamates (subject to hydrolysis) is 1. The Labute approximate surface area is 313 Å². The van der Waals surface area contributed by atoms with Crippen LogP contribution < -0.4 is 15.6 Å². The van der Waals surface area contributed by atoms with Crippen molar-refractivity contribution in [2.24, 2.45) is 16.9 Å². The van der Waals surface area contributed by atoms with Crippen LogP contribution >= 0.6 is 23.1 Å². The first-order valence-corrected chi connectivity index (χ1v) is 18.7. The molecule has 2 aliphatic rings. The van der Waals surface area contributed by atoms with Gasteiger partial charge >= 0.3 is 6.09 Å². The maximum Gasteiger partial charge on any atom is 0.408 e. The first-order valence-electron chi connectivity index (χ1n) is 17.0. The van der Waals surface area contributed by atoms with Crippen molar-refractivity contribution in [2.45, 2.75) is 73.9 Å². The number of nitro groups is 1. The van der Waals surface area contributed by atoms with Gasteiger partial charge in [-0.2, -0.15) is 5.10 Å². The van der Waals surface area contributed by atoms with Crippen LogP contribution in [0, 0.1) is 22.0 Å². The van der Waals surface area contributed by atoms with Crippen LogP contribution in [0.15, 0.2) is 81.1 Å². The third kappa shape index (κ3) is 9.25. The number of carbonyl (C=O) groups is 4. The number of hydrazone groups is 1. The van der Waals surface area contributed by atoms with Gasteiger partial charge in [0.25, 0.3) is 11.6 Å². The van der Waals surface area contributed by atoms with E-state index in [0.717, 1.165) is 47.7 Å². The largest absolute Gasteiger partial charge is 0.444 e. The fourth-order valence-electron chi connectivity index (χ4n) is 6.18. The number of hydrogen-bond acceptors (Lipinski definition) is 12. The number of carbonyl (C=O) groups excluding carboxylic acids is 4. The van der Waals surface area contributed by atoms with Crippen LogP contribution in [0.5, 0.6) is 0 Å². The Hall–Kier alpha value is -5.19. The average molecular weight is 759 g/mol. The van der Waals surface area contributed by atoms with Crippen molar-refractivity contribution in [1.82, 2.24) is 15.7 Å². The molecule has 276 valence electrons. The van der Waals surface area contributed by atoms with E-state index in [1.165, 1.54) is 28.5 Å². The van der Waals surface area contributed by atoms with Gasteiger partial charge in [-0.15, -0.1) is 11.3 Å². The number of hydrogen-bond donors (Lipinski definition) is 2. The molecule has 3 atom stereocenters. The highest BCUT2D eigenvalue weighted by Crippen LogP contribution is 2.43. The number of thiazole rings is 1. The Morgan fingerprint density at radius 2 is 1.79 bits per heavy atom. The topological polar surface area (TPSA) is 182 Å². The monoisotopic (exact) mass is 758 g/mol. The van der Waals surface area contributed by atoms with Gasteiger partial charge in [0.05, 0.1) is 57.0 Å². The minimum absolute atomic E-state index is 0.151. The summed E-state index contributed by atoms with van der Waals surface area (Å²) in [4.78, 5) is 69.6. The van der Waals surface area contributed by atoms with Crippen molar-refractivity contribution in [1.29, 1.82) is 0 Å². The van der Waals surface area contributed by atoms with Crippen LogP contribution in [-0.2, 0) is 30.5 Å². The number of fused-ring (bicyclic) bond motifs is 2. The van der Waals surface area contributed by atoms with Gasteiger partial charge in [0, 0.05) is 11.6 Å². The number of aromatic nitrogens is 1. The molecule has 1 saturated carbocycles. The molecule has 1 aliphatic heterocycles. The van der Waals surface area contributed by atoms with Gasteiger partial charge in [-0.1, -0.05) is 61.0 Å². The molecule has 0 bridgehead atoms.